The molecule has 1 aromatic heterocycles. The average Bonchev–Trinajstić information content (AvgIpc) is 2.83. The first-order chi connectivity index (χ1) is 10.4. The van der Waals surface area contributed by atoms with Gasteiger partial charge in [-0.05, 0) is 46.3 Å². The van der Waals surface area contributed by atoms with Gasteiger partial charge in [-0.15, -0.1) is 0 Å². The fourth-order valence-corrected chi connectivity index (χ4v) is 2.43. The largest absolute Gasteiger partial charge is 0.378 e. The summed E-state index contributed by atoms with van der Waals surface area (Å²) in [5.41, 5.74) is 6.71. The molecule has 116 valence electrons. The van der Waals surface area contributed by atoms with Crippen LogP contribution >= 0.6 is 15.9 Å². The van der Waals surface area contributed by atoms with Crippen LogP contribution in [0.4, 0.5) is 5.69 Å². The van der Waals surface area contributed by atoms with E-state index in [1.807, 2.05) is 31.1 Å². The molecule has 0 fully saturated rings. The Morgan fingerprint density at radius 3 is 2.18 bits per heavy atom. The first-order valence-corrected chi connectivity index (χ1v) is 7.37. The number of aryl methyl sites for hydroxylation is 1. The van der Waals surface area contributed by atoms with Crippen molar-refractivity contribution < 1.29 is 9.59 Å². The average molecular weight is 365 g/mol. The fourth-order valence-electron chi connectivity index (χ4n) is 1.91. The van der Waals surface area contributed by atoms with Crippen LogP contribution in [0.25, 0.3) is 0 Å². The molecule has 6 nitrogen and oxygen atoms in total. The summed E-state index contributed by atoms with van der Waals surface area (Å²) in [4.78, 5) is 25.9. The molecule has 0 saturated carbocycles. The van der Waals surface area contributed by atoms with Gasteiger partial charge >= 0.3 is 0 Å². The van der Waals surface area contributed by atoms with Crippen LogP contribution in [0, 0.1) is 0 Å². The summed E-state index contributed by atoms with van der Waals surface area (Å²) >= 11 is 3.29. The second-order valence-electron chi connectivity index (χ2n) is 5.00. The minimum atomic E-state index is -0.383. The van der Waals surface area contributed by atoms with Crippen LogP contribution in [0.1, 0.15) is 20.8 Å². The number of hydrogen-bond donors (Lipinski definition) is 2. The molecular formula is C15H17BrN4O2. The number of anilines is 1. The van der Waals surface area contributed by atoms with Gasteiger partial charge in [-0.1, -0.05) is 0 Å². The maximum absolute atomic E-state index is 12.0. The van der Waals surface area contributed by atoms with E-state index in [1.165, 1.54) is 0 Å². The second kappa shape index (κ2) is 6.65. The molecule has 0 atom stereocenters. The van der Waals surface area contributed by atoms with E-state index in [-0.39, 0.29) is 11.8 Å². The zero-order valence-corrected chi connectivity index (χ0v) is 14.1. The number of nitrogens with zero attached hydrogens (tertiary/aromatic N) is 2. The molecule has 2 rings (SSSR count). The molecule has 0 unspecified atom stereocenters. The lowest BCUT2D eigenvalue weighted by atomic mass is 10.2. The highest BCUT2D eigenvalue weighted by molar-refractivity contribution is 9.10. The van der Waals surface area contributed by atoms with Gasteiger partial charge in [0.05, 0.1) is 0 Å². The van der Waals surface area contributed by atoms with Gasteiger partial charge < -0.3 is 9.47 Å². The molecule has 0 bridgehead atoms. The molecular weight excluding hydrogens is 348 g/mol. The Morgan fingerprint density at radius 2 is 1.68 bits per heavy atom. The third kappa shape index (κ3) is 3.67. The van der Waals surface area contributed by atoms with Crippen molar-refractivity contribution in [2.75, 3.05) is 19.0 Å². The van der Waals surface area contributed by atoms with Crippen LogP contribution in [0.5, 0.6) is 0 Å². The number of nitrogens with one attached hydrogen (secondary N) is 2. The van der Waals surface area contributed by atoms with Crippen molar-refractivity contribution in [2.24, 2.45) is 7.05 Å². The molecule has 2 amide bonds. The third-order valence-electron chi connectivity index (χ3n) is 3.14. The van der Waals surface area contributed by atoms with Gasteiger partial charge in [-0.2, -0.15) is 0 Å². The first-order valence-electron chi connectivity index (χ1n) is 6.58. The number of halogens is 1. The van der Waals surface area contributed by atoms with E-state index in [0.29, 0.717) is 11.3 Å². The van der Waals surface area contributed by atoms with Crippen molar-refractivity contribution in [1.82, 2.24) is 15.4 Å². The van der Waals surface area contributed by atoms with E-state index in [0.717, 1.165) is 10.2 Å². The van der Waals surface area contributed by atoms with Gasteiger partial charge in [0, 0.05) is 43.1 Å². The lowest BCUT2D eigenvalue weighted by Gasteiger charge is -2.13. The minimum absolute atomic E-state index is 0.369. The van der Waals surface area contributed by atoms with Crippen molar-refractivity contribution in [3.63, 3.8) is 0 Å². The van der Waals surface area contributed by atoms with Crippen molar-refractivity contribution in [3.05, 3.63) is 52.3 Å². The number of aromatic nitrogens is 1. The number of hydrogen-bond acceptors (Lipinski definition) is 3. The molecule has 7 heteroatoms. The van der Waals surface area contributed by atoms with Crippen molar-refractivity contribution in [2.45, 2.75) is 0 Å². The van der Waals surface area contributed by atoms with Crippen molar-refractivity contribution in [3.8, 4) is 0 Å². The Kier molecular flexibility index (Phi) is 4.87. The maximum atomic E-state index is 12.0. The van der Waals surface area contributed by atoms with Crippen LogP contribution in [0.15, 0.2) is 41.0 Å². The number of hydrazine groups is 1. The quantitative estimate of drug-likeness (QED) is 0.817. The zero-order chi connectivity index (χ0) is 16.3. The van der Waals surface area contributed by atoms with Crippen LogP contribution in [-0.4, -0.2) is 30.5 Å². The van der Waals surface area contributed by atoms with E-state index < -0.39 is 0 Å². The van der Waals surface area contributed by atoms with Gasteiger partial charge in [0.1, 0.15) is 5.69 Å². The lowest BCUT2D eigenvalue weighted by molar-refractivity contribution is 0.0842. The number of carbonyl (C=O) groups is 2. The predicted octanol–water partition coefficient (Wildman–Crippen LogP) is 1.93. The molecule has 2 N–H and O–H groups in total. The van der Waals surface area contributed by atoms with Crippen LogP contribution in [0.2, 0.25) is 0 Å². The van der Waals surface area contributed by atoms with E-state index in [9.17, 15) is 9.59 Å². The highest BCUT2D eigenvalue weighted by Crippen LogP contribution is 2.13. The maximum Gasteiger partial charge on any atom is 0.286 e. The van der Waals surface area contributed by atoms with Crippen LogP contribution in [-0.2, 0) is 7.05 Å². The van der Waals surface area contributed by atoms with Gasteiger partial charge in [0.25, 0.3) is 11.8 Å². The summed E-state index contributed by atoms with van der Waals surface area (Å²) in [5, 5.41) is 0. The third-order valence-corrected chi connectivity index (χ3v) is 3.57. The SMILES string of the molecule is CN(C)c1ccc(C(=O)NNC(=O)c2cc(Br)cn2C)cc1. The standard InChI is InChI=1S/C15H17BrN4O2/c1-19(2)12-6-4-10(5-7-12)14(21)17-18-15(22)13-8-11(16)9-20(13)3/h4-9H,1-3H3,(H,17,21)(H,18,22). The smallest absolute Gasteiger partial charge is 0.286 e. The molecule has 1 aromatic carbocycles. The Morgan fingerprint density at radius 1 is 1.09 bits per heavy atom. The zero-order valence-electron chi connectivity index (χ0n) is 12.6. The summed E-state index contributed by atoms with van der Waals surface area (Å²) in [6.07, 6.45) is 1.76. The number of benzene rings is 1. The summed E-state index contributed by atoms with van der Waals surface area (Å²) in [5.74, 6) is -0.751. The van der Waals surface area contributed by atoms with Gasteiger partial charge in [-0.3, -0.25) is 20.4 Å². The van der Waals surface area contributed by atoms with Gasteiger partial charge in [0.2, 0.25) is 0 Å². The molecule has 0 radical (unpaired) electrons. The van der Waals surface area contributed by atoms with Crippen molar-refractivity contribution >= 4 is 33.4 Å². The molecule has 0 spiro atoms. The van der Waals surface area contributed by atoms with E-state index in [2.05, 4.69) is 26.8 Å². The Hall–Kier alpha value is -2.28. The summed E-state index contributed by atoms with van der Waals surface area (Å²) in [7, 11) is 5.60. The summed E-state index contributed by atoms with van der Waals surface area (Å²) in [6, 6.07) is 8.76. The topological polar surface area (TPSA) is 66.4 Å². The first kappa shape index (κ1) is 16.1. The summed E-state index contributed by atoms with van der Waals surface area (Å²) in [6.45, 7) is 0. The molecule has 0 aliphatic heterocycles. The highest BCUT2D eigenvalue weighted by Gasteiger charge is 2.12. The van der Waals surface area contributed by atoms with Gasteiger partial charge in [-0.25, -0.2) is 0 Å². The second-order valence-corrected chi connectivity index (χ2v) is 5.92. The summed E-state index contributed by atoms with van der Waals surface area (Å²) < 4.78 is 2.46. The monoisotopic (exact) mass is 364 g/mol. The van der Waals surface area contributed by atoms with Gasteiger partial charge in [0.15, 0.2) is 0 Å². The molecule has 1 heterocycles. The Labute approximate surface area is 137 Å². The molecule has 0 aliphatic carbocycles. The predicted molar refractivity (Wildman–Crippen MR) is 88.8 cm³/mol. The molecule has 0 aliphatic rings. The highest BCUT2D eigenvalue weighted by atomic mass is 79.9. The number of rotatable bonds is 3. The van der Waals surface area contributed by atoms with Crippen molar-refractivity contribution in [1.29, 1.82) is 0 Å². The normalized spacial score (nSPS) is 10.2. The Balaban J connectivity index is 1.97. The van der Waals surface area contributed by atoms with E-state index >= 15 is 0 Å². The van der Waals surface area contributed by atoms with Crippen LogP contribution in [0.3, 0.4) is 0 Å². The lowest BCUT2D eigenvalue weighted by Crippen LogP contribution is -2.42. The fraction of sp³-hybridized carbons (Fsp3) is 0.200. The van der Waals surface area contributed by atoms with E-state index in [1.54, 1.807) is 36.0 Å². The minimum Gasteiger partial charge on any atom is -0.378 e. The Bertz CT molecular complexity index is 692. The molecule has 0 saturated heterocycles. The number of amides is 2. The molecule has 2 aromatic rings. The molecule has 22 heavy (non-hydrogen) atoms. The number of carbonyl (C=O) groups excluding carboxylic acids is 2. The van der Waals surface area contributed by atoms with E-state index in [4.69, 9.17) is 0 Å². The van der Waals surface area contributed by atoms with Crippen LogP contribution < -0.4 is 15.8 Å².